The molecule has 0 saturated heterocycles. The lowest BCUT2D eigenvalue weighted by molar-refractivity contribution is -0.125. The van der Waals surface area contributed by atoms with Crippen LogP contribution in [0.1, 0.15) is 37.4 Å². The minimum Gasteiger partial charge on any atom is -0.348 e. The van der Waals surface area contributed by atoms with E-state index in [-0.39, 0.29) is 43.4 Å². The molecule has 0 bridgehead atoms. The maximum absolute atomic E-state index is 12.0. The van der Waals surface area contributed by atoms with Gasteiger partial charge >= 0.3 is 0 Å². The van der Waals surface area contributed by atoms with Crippen molar-refractivity contribution in [1.82, 2.24) is 10.6 Å². The standard InChI is InChI=1S/C16H25N3O2.ClH/c1-11(2)8-14(13-7-5-4-6-12(13)3)19-16(21)10-18-15(20)9-17;/h4-7,11,14H,8-10,17H2,1-3H3,(H,18,20)(H,19,21);1H. The third kappa shape index (κ3) is 6.91. The summed E-state index contributed by atoms with van der Waals surface area (Å²) in [5.74, 6) is -0.0827. The summed E-state index contributed by atoms with van der Waals surface area (Å²) in [5.41, 5.74) is 7.46. The molecule has 4 N–H and O–H groups in total. The van der Waals surface area contributed by atoms with Crippen molar-refractivity contribution in [2.24, 2.45) is 11.7 Å². The van der Waals surface area contributed by atoms with Crippen LogP contribution in [0.15, 0.2) is 24.3 Å². The van der Waals surface area contributed by atoms with Crippen molar-refractivity contribution in [3.05, 3.63) is 35.4 Å². The summed E-state index contributed by atoms with van der Waals surface area (Å²) in [5, 5.41) is 5.47. The van der Waals surface area contributed by atoms with Crippen LogP contribution in [0.3, 0.4) is 0 Å². The predicted octanol–water partition coefficient (Wildman–Crippen LogP) is 1.70. The maximum Gasteiger partial charge on any atom is 0.239 e. The number of amides is 2. The van der Waals surface area contributed by atoms with Crippen molar-refractivity contribution in [1.29, 1.82) is 0 Å². The number of aryl methyl sites for hydroxylation is 1. The van der Waals surface area contributed by atoms with E-state index in [9.17, 15) is 9.59 Å². The van der Waals surface area contributed by atoms with Crippen LogP contribution in [0.4, 0.5) is 0 Å². The fourth-order valence-corrected chi connectivity index (χ4v) is 2.21. The molecule has 0 spiro atoms. The summed E-state index contributed by atoms with van der Waals surface area (Å²) < 4.78 is 0. The Hall–Kier alpha value is -1.59. The molecule has 6 heteroatoms. The Balaban J connectivity index is 0.00000441. The fraction of sp³-hybridized carbons (Fsp3) is 0.500. The Morgan fingerprint density at radius 1 is 1.18 bits per heavy atom. The molecule has 124 valence electrons. The van der Waals surface area contributed by atoms with E-state index in [0.29, 0.717) is 5.92 Å². The van der Waals surface area contributed by atoms with Crippen LogP contribution in [0.5, 0.6) is 0 Å². The molecule has 0 aliphatic heterocycles. The van der Waals surface area contributed by atoms with Gasteiger partial charge in [-0.3, -0.25) is 9.59 Å². The number of carbonyl (C=O) groups excluding carboxylic acids is 2. The van der Waals surface area contributed by atoms with Crippen molar-refractivity contribution >= 4 is 24.2 Å². The maximum atomic E-state index is 12.0. The van der Waals surface area contributed by atoms with Gasteiger partial charge in [0.25, 0.3) is 0 Å². The van der Waals surface area contributed by atoms with Gasteiger partial charge in [0.15, 0.2) is 0 Å². The molecule has 0 heterocycles. The van der Waals surface area contributed by atoms with Crippen LogP contribution in [0.25, 0.3) is 0 Å². The average molecular weight is 328 g/mol. The van der Waals surface area contributed by atoms with E-state index < -0.39 is 0 Å². The number of halogens is 1. The van der Waals surface area contributed by atoms with Gasteiger partial charge in [0, 0.05) is 0 Å². The number of rotatable bonds is 7. The van der Waals surface area contributed by atoms with E-state index in [4.69, 9.17) is 5.73 Å². The molecular formula is C16H26ClN3O2. The zero-order valence-electron chi connectivity index (χ0n) is 13.4. The Labute approximate surface area is 138 Å². The molecule has 22 heavy (non-hydrogen) atoms. The third-order valence-corrected chi connectivity index (χ3v) is 3.24. The largest absolute Gasteiger partial charge is 0.348 e. The molecule has 1 aromatic rings. The van der Waals surface area contributed by atoms with E-state index >= 15 is 0 Å². The lowest BCUT2D eigenvalue weighted by Gasteiger charge is -2.23. The van der Waals surface area contributed by atoms with Crippen LogP contribution in [0, 0.1) is 12.8 Å². The summed E-state index contributed by atoms with van der Waals surface area (Å²) >= 11 is 0. The summed E-state index contributed by atoms with van der Waals surface area (Å²) in [7, 11) is 0. The Bertz CT molecular complexity index is 492. The molecule has 1 atom stereocenters. The van der Waals surface area contributed by atoms with Gasteiger partial charge in [0.1, 0.15) is 0 Å². The average Bonchev–Trinajstić information content (AvgIpc) is 2.44. The van der Waals surface area contributed by atoms with Crippen LogP contribution >= 0.6 is 12.4 Å². The first-order valence-corrected chi connectivity index (χ1v) is 7.25. The molecule has 0 aliphatic carbocycles. The molecule has 0 aromatic heterocycles. The number of nitrogens with two attached hydrogens (primary N) is 1. The van der Waals surface area contributed by atoms with Gasteiger partial charge in [-0.1, -0.05) is 38.1 Å². The van der Waals surface area contributed by atoms with E-state index in [1.807, 2.05) is 31.2 Å². The van der Waals surface area contributed by atoms with Gasteiger partial charge < -0.3 is 16.4 Å². The minimum absolute atomic E-state index is 0. The quantitative estimate of drug-likeness (QED) is 0.712. The molecule has 1 rings (SSSR count). The smallest absolute Gasteiger partial charge is 0.239 e. The zero-order chi connectivity index (χ0) is 15.8. The van der Waals surface area contributed by atoms with E-state index in [2.05, 4.69) is 24.5 Å². The molecule has 1 unspecified atom stereocenters. The van der Waals surface area contributed by atoms with Crippen LogP contribution < -0.4 is 16.4 Å². The van der Waals surface area contributed by atoms with Gasteiger partial charge in [0.05, 0.1) is 19.1 Å². The molecule has 5 nitrogen and oxygen atoms in total. The van der Waals surface area contributed by atoms with Crippen molar-refractivity contribution < 1.29 is 9.59 Å². The third-order valence-electron chi connectivity index (χ3n) is 3.24. The number of nitrogens with one attached hydrogen (secondary N) is 2. The van der Waals surface area contributed by atoms with Gasteiger partial charge in [-0.05, 0) is 30.4 Å². The highest BCUT2D eigenvalue weighted by Crippen LogP contribution is 2.23. The SMILES string of the molecule is Cc1ccccc1C(CC(C)C)NC(=O)CNC(=O)CN.Cl. The van der Waals surface area contributed by atoms with Crippen molar-refractivity contribution in [2.45, 2.75) is 33.2 Å². The van der Waals surface area contributed by atoms with E-state index in [1.54, 1.807) is 0 Å². The summed E-state index contributed by atoms with van der Waals surface area (Å²) in [6, 6.07) is 7.96. The zero-order valence-corrected chi connectivity index (χ0v) is 14.2. The second-order valence-corrected chi connectivity index (χ2v) is 5.59. The molecule has 2 amide bonds. The second-order valence-electron chi connectivity index (χ2n) is 5.59. The Morgan fingerprint density at radius 3 is 2.36 bits per heavy atom. The topological polar surface area (TPSA) is 84.2 Å². The first-order valence-electron chi connectivity index (χ1n) is 7.25. The monoisotopic (exact) mass is 327 g/mol. The molecular weight excluding hydrogens is 302 g/mol. The molecule has 0 aliphatic rings. The number of benzene rings is 1. The second kappa shape index (κ2) is 10.2. The van der Waals surface area contributed by atoms with E-state index in [1.165, 1.54) is 0 Å². The highest BCUT2D eigenvalue weighted by atomic mass is 35.5. The first-order chi connectivity index (χ1) is 9.93. The van der Waals surface area contributed by atoms with Crippen molar-refractivity contribution in [3.63, 3.8) is 0 Å². The van der Waals surface area contributed by atoms with Crippen LogP contribution in [0.2, 0.25) is 0 Å². The predicted molar refractivity (Wildman–Crippen MR) is 90.8 cm³/mol. The van der Waals surface area contributed by atoms with Gasteiger partial charge in [-0.15, -0.1) is 12.4 Å². The van der Waals surface area contributed by atoms with E-state index in [0.717, 1.165) is 17.5 Å². The number of hydrogen-bond acceptors (Lipinski definition) is 3. The highest BCUT2D eigenvalue weighted by molar-refractivity contribution is 5.86. The summed E-state index contributed by atoms with van der Waals surface area (Å²) in [6.45, 7) is 6.11. The Kier molecular flexibility index (Phi) is 9.45. The van der Waals surface area contributed by atoms with Crippen molar-refractivity contribution in [3.8, 4) is 0 Å². The van der Waals surface area contributed by atoms with Gasteiger partial charge in [-0.25, -0.2) is 0 Å². The number of carbonyl (C=O) groups is 2. The normalized spacial score (nSPS) is 11.5. The van der Waals surface area contributed by atoms with Crippen LogP contribution in [-0.2, 0) is 9.59 Å². The highest BCUT2D eigenvalue weighted by Gasteiger charge is 2.17. The first kappa shape index (κ1) is 20.4. The molecule has 0 fully saturated rings. The molecule has 0 radical (unpaired) electrons. The lowest BCUT2D eigenvalue weighted by atomic mass is 9.94. The fourth-order valence-electron chi connectivity index (χ4n) is 2.21. The minimum atomic E-state index is -0.332. The van der Waals surface area contributed by atoms with Gasteiger partial charge in [0.2, 0.25) is 11.8 Å². The summed E-state index contributed by atoms with van der Waals surface area (Å²) in [6.07, 6.45) is 0.849. The van der Waals surface area contributed by atoms with Gasteiger partial charge in [-0.2, -0.15) is 0 Å². The van der Waals surface area contributed by atoms with Crippen LogP contribution in [-0.4, -0.2) is 24.9 Å². The Morgan fingerprint density at radius 2 is 1.82 bits per heavy atom. The molecule has 0 saturated carbocycles. The molecule has 1 aromatic carbocycles. The van der Waals surface area contributed by atoms with Crippen molar-refractivity contribution in [2.75, 3.05) is 13.1 Å². The number of hydrogen-bond donors (Lipinski definition) is 3. The lowest BCUT2D eigenvalue weighted by Crippen LogP contribution is -2.41. The summed E-state index contributed by atoms with van der Waals surface area (Å²) in [4.78, 5) is 23.1.